The second-order valence-electron chi connectivity index (χ2n) is 13.6. The van der Waals surface area contributed by atoms with Gasteiger partial charge < -0.3 is 39.2 Å². The van der Waals surface area contributed by atoms with Crippen LogP contribution in [0.25, 0.3) is 10.2 Å². The number of carbonyl (C=O) groups is 4. The van der Waals surface area contributed by atoms with E-state index in [1.807, 2.05) is 0 Å². The van der Waals surface area contributed by atoms with E-state index in [9.17, 15) is 32.7 Å². The molecule has 4 aromatic rings. The van der Waals surface area contributed by atoms with Crippen molar-refractivity contribution < 1.29 is 51.6 Å². The lowest BCUT2D eigenvalue weighted by Crippen LogP contribution is -2.41. The van der Waals surface area contributed by atoms with Crippen molar-refractivity contribution in [1.82, 2.24) is 4.98 Å². The summed E-state index contributed by atoms with van der Waals surface area (Å²) in [5.74, 6) is -1.59. The van der Waals surface area contributed by atoms with Gasteiger partial charge in [0.1, 0.15) is 17.7 Å². The molecule has 18 heteroatoms. The zero-order valence-electron chi connectivity index (χ0n) is 29.9. The largest absolute Gasteiger partial charge is 0.514 e. The highest BCUT2D eigenvalue weighted by atomic mass is 32.2. The Kier molecular flexibility index (Phi) is 12.5. The van der Waals surface area contributed by atoms with E-state index in [-0.39, 0.29) is 41.2 Å². The van der Waals surface area contributed by atoms with Gasteiger partial charge >= 0.3 is 18.3 Å². The van der Waals surface area contributed by atoms with Gasteiger partial charge in [0, 0.05) is 18.8 Å². The summed E-state index contributed by atoms with van der Waals surface area (Å²) in [7, 11) is -4.03. The number of aliphatic carboxylic acids is 1. The summed E-state index contributed by atoms with van der Waals surface area (Å²) < 4.78 is 45.5. The summed E-state index contributed by atoms with van der Waals surface area (Å²) >= 11 is 0.850. The summed E-state index contributed by atoms with van der Waals surface area (Å²) in [4.78, 5) is 58.0. The molecule has 0 saturated carbocycles. The van der Waals surface area contributed by atoms with Gasteiger partial charge in [-0.15, -0.1) is 11.3 Å². The number of hydrogen-bond acceptors (Lipinski definition) is 14. The van der Waals surface area contributed by atoms with Crippen LogP contribution >= 0.6 is 11.3 Å². The van der Waals surface area contributed by atoms with E-state index in [0.29, 0.717) is 21.6 Å². The Labute approximate surface area is 310 Å². The van der Waals surface area contributed by atoms with Gasteiger partial charge in [-0.25, -0.2) is 28.1 Å². The smallest absolute Gasteiger partial charge is 0.480 e. The number of amides is 1. The van der Waals surface area contributed by atoms with Gasteiger partial charge in [-0.1, -0.05) is 24.3 Å². The fourth-order valence-corrected chi connectivity index (χ4v) is 6.48. The normalized spacial score (nSPS) is 11.8. The molecule has 0 aliphatic heterocycles. The number of para-hydroxylation sites is 4. The molecule has 16 nitrogen and oxygen atoms in total. The number of sulfonamides is 1. The SMILES string of the molecule is CC(C)(C)OC(=O)Oc1ccccc1N(CCN(CC(=O)Nc1ccc2nc(S(N)(=O)=O)sc2c1)c1ccccc1OC(=O)OC(C)(C)C)CC(=O)O. The van der Waals surface area contributed by atoms with Crippen LogP contribution in [-0.2, 0) is 29.1 Å². The number of hydrogen-bond donors (Lipinski definition) is 3. The monoisotopic (exact) mass is 771 g/mol. The average molecular weight is 772 g/mol. The first-order chi connectivity index (χ1) is 24.7. The number of carbonyl (C=O) groups excluding carboxylic acids is 3. The highest BCUT2D eigenvalue weighted by molar-refractivity contribution is 7.91. The Bertz CT molecular complexity index is 2090. The molecule has 0 radical (unpaired) electrons. The molecule has 0 spiro atoms. The number of primary sulfonamides is 1. The number of thiazole rings is 1. The fraction of sp³-hybridized carbons (Fsp3) is 0.343. The lowest BCUT2D eigenvalue weighted by atomic mass is 10.2. The Morgan fingerprint density at radius 2 is 1.28 bits per heavy atom. The molecule has 4 rings (SSSR count). The van der Waals surface area contributed by atoms with Crippen molar-refractivity contribution >= 4 is 72.8 Å². The minimum absolute atomic E-state index is 0.0121. The number of ether oxygens (including phenoxy) is 4. The number of carboxylic acids is 1. The molecular weight excluding hydrogens is 731 g/mol. The number of anilines is 3. The number of nitrogens with zero attached hydrogens (tertiary/aromatic N) is 3. The topological polar surface area (TPSA) is 217 Å². The van der Waals surface area contributed by atoms with Crippen molar-refractivity contribution in [3.05, 3.63) is 66.7 Å². The molecule has 0 aliphatic carbocycles. The lowest BCUT2D eigenvalue weighted by molar-refractivity contribution is -0.135. The summed E-state index contributed by atoms with van der Waals surface area (Å²) in [6.45, 7) is 9.18. The summed E-state index contributed by atoms with van der Waals surface area (Å²) in [6.07, 6.45) is -1.96. The van der Waals surface area contributed by atoms with E-state index >= 15 is 0 Å². The molecule has 0 unspecified atom stereocenters. The van der Waals surface area contributed by atoms with Crippen molar-refractivity contribution in [3.8, 4) is 11.5 Å². The van der Waals surface area contributed by atoms with Gasteiger partial charge in [0.15, 0.2) is 11.5 Å². The Morgan fingerprint density at radius 3 is 1.75 bits per heavy atom. The Morgan fingerprint density at radius 1 is 0.792 bits per heavy atom. The quantitative estimate of drug-likeness (QED) is 0.111. The van der Waals surface area contributed by atoms with Crippen LogP contribution in [0.15, 0.2) is 71.1 Å². The van der Waals surface area contributed by atoms with Gasteiger partial charge in [0.25, 0.3) is 10.0 Å². The predicted octanol–water partition coefficient (Wildman–Crippen LogP) is 5.61. The number of nitrogens with two attached hydrogens (primary N) is 1. The third kappa shape index (κ3) is 12.3. The molecule has 53 heavy (non-hydrogen) atoms. The maximum Gasteiger partial charge on any atom is 0.514 e. The molecule has 4 N–H and O–H groups in total. The molecule has 0 atom stereocenters. The minimum atomic E-state index is -4.03. The summed E-state index contributed by atoms with van der Waals surface area (Å²) in [5, 5.41) is 17.9. The van der Waals surface area contributed by atoms with Crippen LogP contribution in [0.1, 0.15) is 41.5 Å². The number of aromatic nitrogens is 1. The molecule has 0 saturated heterocycles. The van der Waals surface area contributed by atoms with E-state index in [1.54, 1.807) is 101 Å². The van der Waals surface area contributed by atoms with E-state index in [2.05, 4.69) is 10.3 Å². The van der Waals surface area contributed by atoms with Crippen molar-refractivity contribution in [2.24, 2.45) is 5.14 Å². The lowest BCUT2D eigenvalue weighted by Gasteiger charge is -2.31. The third-order valence-electron chi connectivity index (χ3n) is 6.77. The molecule has 284 valence electrons. The van der Waals surface area contributed by atoms with Gasteiger partial charge in [0.05, 0.1) is 28.1 Å². The van der Waals surface area contributed by atoms with Gasteiger partial charge in [-0.2, -0.15) is 0 Å². The van der Waals surface area contributed by atoms with Crippen LogP contribution in [0.3, 0.4) is 0 Å². The molecule has 1 heterocycles. The van der Waals surface area contributed by atoms with Gasteiger partial charge in [-0.3, -0.25) is 9.59 Å². The molecule has 1 aromatic heterocycles. The molecule has 3 aromatic carbocycles. The molecule has 0 aliphatic rings. The fourth-order valence-electron chi connectivity index (χ4n) is 4.78. The Balaban J connectivity index is 1.65. The van der Waals surface area contributed by atoms with Crippen LogP contribution < -0.4 is 29.7 Å². The van der Waals surface area contributed by atoms with Gasteiger partial charge in [-0.05, 0) is 84.0 Å². The van der Waals surface area contributed by atoms with Crippen LogP contribution in [0.5, 0.6) is 11.5 Å². The van der Waals surface area contributed by atoms with Gasteiger partial charge in [0.2, 0.25) is 10.2 Å². The van der Waals surface area contributed by atoms with Crippen molar-refractivity contribution in [2.75, 3.05) is 41.3 Å². The first kappa shape index (κ1) is 40.3. The van der Waals surface area contributed by atoms with E-state index in [4.69, 9.17) is 24.1 Å². The maximum absolute atomic E-state index is 13.6. The number of nitrogens with one attached hydrogen (secondary N) is 1. The maximum atomic E-state index is 13.6. The van der Waals surface area contributed by atoms with Crippen molar-refractivity contribution in [2.45, 2.75) is 57.1 Å². The third-order valence-corrected chi connectivity index (χ3v) is 9.11. The second-order valence-corrected chi connectivity index (χ2v) is 16.3. The summed E-state index contributed by atoms with van der Waals surface area (Å²) in [5.41, 5.74) is -0.417. The number of benzene rings is 3. The van der Waals surface area contributed by atoms with Crippen LogP contribution in [0.4, 0.5) is 26.7 Å². The van der Waals surface area contributed by atoms with E-state index < -0.39 is 52.0 Å². The standard InChI is InChI=1S/C35H41N5O11S2/c1-34(2,3)50-32(44)48-26-13-9-7-11-24(26)39(20-29(41)37-22-15-16-23-28(19-22)52-31(38-23)53(36,46)47)17-18-40(21-30(42)43)25-12-8-10-14-27(25)49-33(45)51-35(4,5)6/h7-16,19H,17-18,20-21H2,1-6H3,(H,37,41)(H,42,43)(H2,36,46,47). The minimum Gasteiger partial charge on any atom is -0.480 e. The molecule has 0 bridgehead atoms. The number of rotatable bonds is 13. The zero-order chi connectivity index (χ0) is 39.1. The average Bonchev–Trinajstić information content (AvgIpc) is 3.45. The first-order valence-corrected chi connectivity index (χ1v) is 18.5. The van der Waals surface area contributed by atoms with Crippen LogP contribution in [-0.4, -0.2) is 80.1 Å². The molecule has 1 amide bonds. The van der Waals surface area contributed by atoms with E-state index in [1.165, 1.54) is 17.0 Å². The van der Waals surface area contributed by atoms with Crippen LogP contribution in [0, 0.1) is 0 Å². The number of fused-ring (bicyclic) bond motifs is 1. The van der Waals surface area contributed by atoms with Crippen LogP contribution in [0.2, 0.25) is 0 Å². The van der Waals surface area contributed by atoms with Crippen molar-refractivity contribution in [1.29, 1.82) is 0 Å². The van der Waals surface area contributed by atoms with Crippen molar-refractivity contribution in [3.63, 3.8) is 0 Å². The molecule has 0 fully saturated rings. The zero-order valence-corrected chi connectivity index (χ0v) is 31.6. The first-order valence-electron chi connectivity index (χ1n) is 16.1. The predicted molar refractivity (Wildman–Crippen MR) is 198 cm³/mol. The van der Waals surface area contributed by atoms with E-state index in [0.717, 1.165) is 11.3 Å². The highest BCUT2D eigenvalue weighted by Crippen LogP contribution is 2.32. The Hall–Kier alpha value is -5.46. The second kappa shape index (κ2) is 16.5. The number of carboxylic acid groups (broad SMARTS) is 1. The molecular formula is C35H41N5O11S2. The highest BCUT2D eigenvalue weighted by Gasteiger charge is 2.25. The summed E-state index contributed by atoms with van der Waals surface area (Å²) in [6, 6.07) is 17.4.